The second-order valence-corrected chi connectivity index (χ2v) is 9.86. The largest absolute Gasteiger partial charge is 0.504 e. The molecule has 2 atom stereocenters. The molecule has 0 spiro atoms. The number of fused-ring (bicyclic) bond motifs is 3. The van der Waals surface area contributed by atoms with E-state index in [1.807, 2.05) is 44.2 Å². The number of Topliss-reactive ketones (excluding diaryl/α,β-unsaturated/α-hetero) is 1. The molecule has 162 valence electrons. The van der Waals surface area contributed by atoms with Crippen molar-refractivity contribution in [3.8, 4) is 0 Å². The van der Waals surface area contributed by atoms with Gasteiger partial charge in [-0.3, -0.25) is 4.79 Å². The van der Waals surface area contributed by atoms with Crippen LogP contribution in [0.25, 0.3) is 0 Å². The van der Waals surface area contributed by atoms with Crippen LogP contribution >= 0.6 is 0 Å². The highest BCUT2D eigenvalue weighted by atomic mass is 16.5. The smallest absolute Gasteiger partial charge is 0.338 e. The second kappa shape index (κ2) is 7.37. The Kier molecular flexibility index (Phi) is 5.07. The van der Waals surface area contributed by atoms with Gasteiger partial charge in [0.15, 0.2) is 5.76 Å². The number of carbonyl (C=O) groups is 2. The molecule has 1 aromatic rings. The topological polar surface area (TPSA) is 63.6 Å². The summed E-state index contributed by atoms with van der Waals surface area (Å²) in [7, 11) is 0. The Labute approximate surface area is 184 Å². The highest BCUT2D eigenvalue weighted by Crippen LogP contribution is 2.59. The molecule has 4 nitrogen and oxygen atoms in total. The van der Waals surface area contributed by atoms with Crippen LogP contribution in [0.3, 0.4) is 0 Å². The molecule has 3 aliphatic carbocycles. The lowest BCUT2D eigenvalue weighted by atomic mass is 9.53. The third-order valence-electron chi connectivity index (χ3n) is 7.18. The lowest BCUT2D eigenvalue weighted by Gasteiger charge is -2.52. The van der Waals surface area contributed by atoms with Gasteiger partial charge in [-0.05, 0) is 42.5 Å². The van der Waals surface area contributed by atoms with Gasteiger partial charge in [-0.2, -0.15) is 0 Å². The van der Waals surface area contributed by atoms with Gasteiger partial charge in [0, 0.05) is 22.0 Å². The van der Waals surface area contributed by atoms with Crippen molar-refractivity contribution in [3.05, 3.63) is 82.2 Å². The Balaban J connectivity index is 1.71. The van der Waals surface area contributed by atoms with E-state index in [1.54, 1.807) is 12.1 Å². The molecule has 4 heteroatoms. The summed E-state index contributed by atoms with van der Waals surface area (Å²) in [5.74, 6) is -0.699. The van der Waals surface area contributed by atoms with Crippen molar-refractivity contribution in [1.82, 2.24) is 0 Å². The van der Waals surface area contributed by atoms with E-state index < -0.39 is 10.8 Å². The first-order valence-electron chi connectivity index (χ1n) is 11.0. The van der Waals surface area contributed by atoms with Crippen LogP contribution in [0.1, 0.15) is 57.8 Å². The molecule has 2 unspecified atom stereocenters. The summed E-state index contributed by atoms with van der Waals surface area (Å²) in [6, 6.07) is 9.03. The van der Waals surface area contributed by atoms with Gasteiger partial charge in [0.2, 0.25) is 5.78 Å². The van der Waals surface area contributed by atoms with Crippen LogP contribution in [-0.2, 0) is 9.53 Å². The highest BCUT2D eigenvalue weighted by Gasteiger charge is 2.53. The zero-order valence-corrected chi connectivity index (χ0v) is 18.9. The van der Waals surface area contributed by atoms with Crippen LogP contribution in [0.5, 0.6) is 0 Å². The Morgan fingerprint density at radius 3 is 2.45 bits per heavy atom. The van der Waals surface area contributed by atoms with E-state index in [-0.39, 0.29) is 29.5 Å². The lowest BCUT2D eigenvalue weighted by molar-refractivity contribution is -0.115. The molecular weight excluding hydrogens is 388 g/mol. The minimum Gasteiger partial charge on any atom is -0.504 e. The van der Waals surface area contributed by atoms with E-state index in [0.29, 0.717) is 29.6 Å². The number of hydrogen-bond acceptors (Lipinski definition) is 4. The fourth-order valence-corrected chi connectivity index (χ4v) is 5.44. The molecule has 1 aromatic carbocycles. The summed E-state index contributed by atoms with van der Waals surface area (Å²) in [6.07, 6.45) is 7.05. The fourth-order valence-electron chi connectivity index (χ4n) is 5.44. The Hall–Kier alpha value is -2.88. The van der Waals surface area contributed by atoms with Crippen molar-refractivity contribution < 1.29 is 19.4 Å². The molecule has 0 aliphatic heterocycles. The van der Waals surface area contributed by atoms with Crippen LogP contribution in [0.15, 0.2) is 76.6 Å². The second-order valence-electron chi connectivity index (χ2n) is 9.86. The van der Waals surface area contributed by atoms with E-state index in [9.17, 15) is 14.7 Å². The van der Waals surface area contributed by atoms with E-state index in [2.05, 4.69) is 26.8 Å². The predicted octanol–water partition coefficient (Wildman–Crippen LogP) is 5.88. The van der Waals surface area contributed by atoms with Gasteiger partial charge in [0.05, 0.1) is 5.56 Å². The van der Waals surface area contributed by atoms with Gasteiger partial charge < -0.3 is 9.84 Å². The molecule has 0 amide bonds. The van der Waals surface area contributed by atoms with Crippen molar-refractivity contribution in [1.29, 1.82) is 0 Å². The number of hydrogen-bond donors (Lipinski definition) is 1. The number of esters is 1. The van der Waals surface area contributed by atoms with E-state index >= 15 is 0 Å². The van der Waals surface area contributed by atoms with Crippen LogP contribution in [-0.4, -0.2) is 23.0 Å². The number of aliphatic hydroxyl groups is 1. The van der Waals surface area contributed by atoms with Crippen LogP contribution < -0.4 is 0 Å². The Morgan fingerprint density at radius 2 is 1.81 bits per heavy atom. The highest BCUT2D eigenvalue weighted by molar-refractivity contribution is 6.10. The number of benzene rings is 1. The van der Waals surface area contributed by atoms with Gasteiger partial charge in [0.25, 0.3) is 0 Å². The van der Waals surface area contributed by atoms with Crippen LogP contribution in [0.4, 0.5) is 0 Å². The van der Waals surface area contributed by atoms with Crippen LogP contribution in [0, 0.1) is 16.7 Å². The normalized spacial score (nSPS) is 27.1. The minimum absolute atomic E-state index is 0.0415. The molecule has 4 rings (SSSR count). The first-order valence-corrected chi connectivity index (χ1v) is 11.0. The molecule has 3 aliphatic rings. The number of rotatable bonds is 3. The van der Waals surface area contributed by atoms with Gasteiger partial charge in [-0.25, -0.2) is 4.79 Å². The molecule has 1 N–H and O–H groups in total. The summed E-state index contributed by atoms with van der Waals surface area (Å²) in [6.45, 7) is 10.2. The van der Waals surface area contributed by atoms with Crippen molar-refractivity contribution in [2.75, 3.05) is 0 Å². The molecule has 0 heterocycles. The minimum atomic E-state index is -0.484. The zero-order valence-electron chi connectivity index (χ0n) is 18.9. The van der Waals surface area contributed by atoms with Gasteiger partial charge in [0.1, 0.15) is 6.10 Å². The molecule has 0 radical (unpaired) electrons. The summed E-state index contributed by atoms with van der Waals surface area (Å²) in [5, 5.41) is 11.0. The standard InChI is InChI=1S/C27H30O4/c1-16(2)19-15-18-11-12-20-26(3,4)21(31-25(30)17-9-7-6-8-10-17)13-14-27(20,5)22(18)24(29)23(19)28/h6-12,15-16,21,29H,13-14H2,1-5H3. The maximum absolute atomic E-state index is 12.9. The molecule has 0 bridgehead atoms. The SMILES string of the molecule is CC(C)C1=CC2=CC=C3C(C)(CCC(OC(=O)c4ccccc4)C3(C)C)C2=C(O)C1=O. The quantitative estimate of drug-likeness (QED) is 0.623. The monoisotopic (exact) mass is 418 g/mol. The molecule has 1 fully saturated rings. The van der Waals surface area contributed by atoms with Crippen molar-refractivity contribution in [3.63, 3.8) is 0 Å². The summed E-state index contributed by atoms with van der Waals surface area (Å²) in [5.41, 5.74) is 2.94. The first kappa shape index (κ1) is 21.4. The van der Waals surface area contributed by atoms with Crippen LogP contribution in [0.2, 0.25) is 0 Å². The number of ether oxygens (including phenoxy) is 1. The average Bonchev–Trinajstić information content (AvgIpc) is 2.72. The predicted molar refractivity (Wildman–Crippen MR) is 121 cm³/mol. The lowest BCUT2D eigenvalue weighted by Crippen LogP contribution is -2.48. The first-order chi connectivity index (χ1) is 14.6. The number of aliphatic hydroxyl groups excluding tert-OH is 1. The molecule has 1 saturated carbocycles. The summed E-state index contributed by atoms with van der Waals surface area (Å²) < 4.78 is 5.96. The van der Waals surface area contributed by atoms with E-state index in [1.165, 1.54) is 0 Å². The molecule has 31 heavy (non-hydrogen) atoms. The van der Waals surface area contributed by atoms with Gasteiger partial charge >= 0.3 is 5.97 Å². The Morgan fingerprint density at radius 1 is 1.13 bits per heavy atom. The van der Waals surface area contributed by atoms with Crippen molar-refractivity contribution in [2.24, 2.45) is 16.7 Å². The number of ketones is 1. The van der Waals surface area contributed by atoms with E-state index in [4.69, 9.17) is 4.74 Å². The maximum atomic E-state index is 12.9. The van der Waals surface area contributed by atoms with Gasteiger partial charge in [-0.1, -0.05) is 70.5 Å². The van der Waals surface area contributed by atoms with Crippen molar-refractivity contribution >= 4 is 11.8 Å². The summed E-state index contributed by atoms with van der Waals surface area (Å²) >= 11 is 0. The molecule has 0 saturated heterocycles. The number of carbonyl (C=O) groups excluding carboxylic acids is 2. The number of allylic oxidation sites excluding steroid dienone is 6. The van der Waals surface area contributed by atoms with E-state index in [0.717, 1.165) is 11.1 Å². The van der Waals surface area contributed by atoms with Crippen molar-refractivity contribution in [2.45, 2.75) is 53.6 Å². The molecule has 0 aromatic heterocycles. The average molecular weight is 419 g/mol. The summed E-state index contributed by atoms with van der Waals surface area (Å²) in [4.78, 5) is 25.6. The Bertz CT molecular complexity index is 1070. The maximum Gasteiger partial charge on any atom is 0.338 e. The third kappa shape index (κ3) is 3.29. The fraction of sp³-hybridized carbons (Fsp3) is 0.407. The zero-order chi connectivity index (χ0) is 22.6. The third-order valence-corrected chi connectivity index (χ3v) is 7.18. The van der Waals surface area contributed by atoms with Gasteiger partial charge in [-0.15, -0.1) is 0 Å². The molecular formula is C27H30O4.